The third-order valence-electron chi connectivity index (χ3n) is 4.17. The fourth-order valence-corrected chi connectivity index (χ4v) is 3.59. The average molecular weight is 323 g/mol. The highest BCUT2D eigenvalue weighted by Gasteiger charge is 2.38. The van der Waals surface area contributed by atoms with Gasteiger partial charge >= 0.3 is 6.03 Å². The van der Waals surface area contributed by atoms with Gasteiger partial charge in [0.05, 0.1) is 12.8 Å². The van der Waals surface area contributed by atoms with E-state index >= 15 is 0 Å². The lowest BCUT2D eigenvalue weighted by Gasteiger charge is -2.46. The van der Waals surface area contributed by atoms with Gasteiger partial charge in [-0.2, -0.15) is 0 Å². The zero-order valence-electron chi connectivity index (χ0n) is 14.7. The minimum Gasteiger partial charge on any atom is -0.466 e. The van der Waals surface area contributed by atoms with Crippen LogP contribution in [0.25, 0.3) is 0 Å². The zero-order chi connectivity index (χ0) is 17.3. The minimum absolute atomic E-state index is 0.0284. The Bertz CT molecular complexity index is 519. The third kappa shape index (κ3) is 4.97. The lowest BCUT2D eigenvalue weighted by Crippen LogP contribution is -2.63. The van der Waals surface area contributed by atoms with Crippen LogP contribution in [0.4, 0.5) is 4.79 Å². The first-order valence-corrected chi connectivity index (χ1v) is 8.09. The molecule has 0 bridgehead atoms. The predicted molar refractivity (Wildman–Crippen MR) is 89.1 cm³/mol. The van der Waals surface area contributed by atoms with Crippen LogP contribution in [0, 0.1) is 0 Å². The second-order valence-electron chi connectivity index (χ2n) is 8.08. The van der Waals surface area contributed by atoms with Crippen LogP contribution in [0.5, 0.6) is 0 Å². The zero-order valence-corrected chi connectivity index (χ0v) is 14.7. The summed E-state index contributed by atoms with van der Waals surface area (Å²) >= 11 is 0. The van der Waals surface area contributed by atoms with Crippen molar-refractivity contribution in [1.82, 2.24) is 16.0 Å². The van der Waals surface area contributed by atoms with Gasteiger partial charge in [-0.25, -0.2) is 4.79 Å². The largest absolute Gasteiger partial charge is 0.466 e. The molecule has 1 fully saturated rings. The Morgan fingerprint density at radius 3 is 2.52 bits per heavy atom. The van der Waals surface area contributed by atoms with E-state index in [0.717, 1.165) is 12.8 Å². The van der Waals surface area contributed by atoms with Crippen molar-refractivity contribution in [2.24, 2.45) is 0 Å². The van der Waals surface area contributed by atoms with Gasteiger partial charge in [-0.15, -0.1) is 0 Å². The maximum Gasteiger partial charge on any atom is 0.315 e. The van der Waals surface area contributed by atoms with Gasteiger partial charge in [0.25, 0.3) is 0 Å². The lowest BCUT2D eigenvalue weighted by atomic mass is 9.80. The van der Waals surface area contributed by atoms with Gasteiger partial charge in [-0.05, 0) is 59.6 Å². The highest BCUT2D eigenvalue weighted by atomic mass is 16.4. The van der Waals surface area contributed by atoms with E-state index in [2.05, 4.69) is 43.6 Å². The Hall–Kier alpha value is -1.53. The van der Waals surface area contributed by atoms with Crippen LogP contribution in [0.3, 0.4) is 0 Å². The lowest BCUT2D eigenvalue weighted by molar-refractivity contribution is 0.0364. The molecular weight excluding hydrogens is 294 g/mol. The average Bonchev–Trinajstić information content (AvgIpc) is 2.86. The molecule has 4 N–H and O–H groups in total. The third-order valence-corrected chi connectivity index (χ3v) is 4.17. The Kier molecular flexibility index (Phi) is 4.78. The van der Waals surface area contributed by atoms with Crippen molar-refractivity contribution in [2.45, 2.75) is 70.2 Å². The Morgan fingerprint density at radius 1 is 1.39 bits per heavy atom. The summed E-state index contributed by atoms with van der Waals surface area (Å²) < 4.78 is 5.21. The van der Waals surface area contributed by atoms with Crippen LogP contribution in [0.1, 0.15) is 53.2 Å². The first kappa shape index (κ1) is 17.8. The molecular formula is C17H29N3O3. The summed E-state index contributed by atoms with van der Waals surface area (Å²) in [5.41, 5.74) is -1.29. The van der Waals surface area contributed by atoms with Crippen molar-refractivity contribution in [3.8, 4) is 0 Å². The van der Waals surface area contributed by atoms with Gasteiger partial charge in [-0.3, -0.25) is 0 Å². The first-order valence-electron chi connectivity index (χ1n) is 8.09. The number of hydrogen-bond acceptors (Lipinski definition) is 4. The smallest absolute Gasteiger partial charge is 0.315 e. The number of urea groups is 1. The molecule has 0 radical (unpaired) electrons. The number of rotatable bonds is 4. The SMILES string of the molecule is CC1(C)CC(NC(=O)NCC(C)(O)c2ccco2)CC(C)(C)N1. The highest BCUT2D eigenvalue weighted by Crippen LogP contribution is 2.28. The van der Waals surface area contributed by atoms with E-state index in [4.69, 9.17) is 4.42 Å². The van der Waals surface area contributed by atoms with Gasteiger partial charge in [-0.1, -0.05) is 0 Å². The van der Waals surface area contributed by atoms with Crippen LogP contribution < -0.4 is 16.0 Å². The van der Waals surface area contributed by atoms with Crippen LogP contribution in [-0.4, -0.2) is 34.8 Å². The summed E-state index contributed by atoms with van der Waals surface area (Å²) in [7, 11) is 0. The molecule has 6 nitrogen and oxygen atoms in total. The van der Waals surface area contributed by atoms with Crippen molar-refractivity contribution in [3.63, 3.8) is 0 Å². The topological polar surface area (TPSA) is 86.5 Å². The second kappa shape index (κ2) is 6.17. The number of carbonyl (C=O) groups excluding carboxylic acids is 1. The molecule has 23 heavy (non-hydrogen) atoms. The summed E-state index contributed by atoms with van der Waals surface area (Å²) in [6.45, 7) is 10.3. The number of carbonyl (C=O) groups is 1. The maximum atomic E-state index is 12.2. The van der Waals surface area contributed by atoms with E-state index in [1.54, 1.807) is 19.1 Å². The van der Waals surface area contributed by atoms with E-state index in [9.17, 15) is 9.90 Å². The summed E-state index contributed by atoms with van der Waals surface area (Å²) in [6, 6.07) is 3.23. The fourth-order valence-electron chi connectivity index (χ4n) is 3.59. The number of piperidine rings is 1. The van der Waals surface area contributed by atoms with E-state index in [1.807, 2.05) is 0 Å². The van der Waals surface area contributed by atoms with Gasteiger partial charge < -0.3 is 25.5 Å². The molecule has 0 saturated carbocycles. The normalized spacial score (nSPS) is 23.0. The van der Waals surface area contributed by atoms with Gasteiger partial charge in [0.1, 0.15) is 11.4 Å². The molecule has 0 aromatic carbocycles. The Labute approximate surface area is 138 Å². The summed E-state index contributed by atoms with van der Waals surface area (Å²) in [5.74, 6) is 0.432. The molecule has 2 heterocycles. The number of furan rings is 1. The molecule has 0 aliphatic carbocycles. The van der Waals surface area contributed by atoms with E-state index in [-0.39, 0.29) is 29.7 Å². The van der Waals surface area contributed by atoms with Crippen molar-refractivity contribution in [1.29, 1.82) is 0 Å². The summed E-state index contributed by atoms with van der Waals surface area (Å²) in [4.78, 5) is 12.2. The minimum atomic E-state index is -1.23. The molecule has 2 rings (SSSR count). The molecule has 1 aliphatic heterocycles. The summed E-state index contributed by atoms with van der Waals surface area (Å²) in [5, 5.41) is 19.7. The monoisotopic (exact) mass is 323 g/mol. The quantitative estimate of drug-likeness (QED) is 0.683. The molecule has 1 atom stereocenters. The highest BCUT2D eigenvalue weighted by molar-refractivity contribution is 5.74. The van der Waals surface area contributed by atoms with Gasteiger partial charge in [0.2, 0.25) is 0 Å². The van der Waals surface area contributed by atoms with Crippen LogP contribution in [0.2, 0.25) is 0 Å². The fraction of sp³-hybridized carbons (Fsp3) is 0.706. The molecule has 1 aliphatic rings. The second-order valence-corrected chi connectivity index (χ2v) is 8.08. The Morgan fingerprint density at radius 2 is 2.00 bits per heavy atom. The molecule has 1 saturated heterocycles. The number of amides is 2. The van der Waals surface area contributed by atoms with Crippen LogP contribution in [-0.2, 0) is 5.60 Å². The van der Waals surface area contributed by atoms with Gasteiger partial charge in [0, 0.05) is 17.1 Å². The van der Waals surface area contributed by atoms with Crippen molar-refractivity contribution in [3.05, 3.63) is 24.2 Å². The molecule has 130 valence electrons. The molecule has 1 unspecified atom stereocenters. The van der Waals surface area contributed by atoms with E-state index in [1.165, 1.54) is 6.26 Å². The maximum absolute atomic E-state index is 12.2. The number of hydrogen-bond donors (Lipinski definition) is 4. The standard InChI is InChI=1S/C17H29N3O3/c1-15(2)9-12(10-16(3,4)20-15)19-14(21)18-11-17(5,22)13-7-6-8-23-13/h6-8,12,20,22H,9-11H2,1-5H3,(H2,18,19,21). The van der Waals surface area contributed by atoms with Crippen LogP contribution in [0.15, 0.2) is 22.8 Å². The van der Waals surface area contributed by atoms with E-state index < -0.39 is 5.60 Å². The molecule has 1 aromatic rings. The van der Waals surface area contributed by atoms with Crippen LogP contribution >= 0.6 is 0 Å². The summed E-state index contributed by atoms with van der Waals surface area (Å²) in [6.07, 6.45) is 3.22. The Balaban J connectivity index is 1.87. The van der Waals surface area contributed by atoms with E-state index in [0.29, 0.717) is 5.76 Å². The molecule has 1 aromatic heterocycles. The molecule has 2 amide bonds. The number of aliphatic hydroxyl groups is 1. The predicted octanol–water partition coefficient (Wildman–Crippen LogP) is 2.10. The van der Waals surface area contributed by atoms with Crippen molar-refractivity contribution in [2.75, 3.05) is 6.54 Å². The van der Waals surface area contributed by atoms with Gasteiger partial charge in [0.15, 0.2) is 0 Å². The van der Waals surface area contributed by atoms with Crippen molar-refractivity contribution < 1.29 is 14.3 Å². The first-order chi connectivity index (χ1) is 10.5. The van der Waals surface area contributed by atoms with Crippen molar-refractivity contribution >= 4 is 6.03 Å². The molecule has 6 heteroatoms. The number of nitrogens with one attached hydrogen (secondary N) is 3. The molecule has 0 spiro atoms.